The molecule has 216 valence electrons. The summed E-state index contributed by atoms with van der Waals surface area (Å²) in [7, 11) is -2.38. The van der Waals surface area contributed by atoms with Crippen molar-refractivity contribution in [1.29, 1.82) is 0 Å². The Morgan fingerprint density at radius 1 is 0.905 bits per heavy atom. The first kappa shape index (κ1) is 28.9. The third kappa shape index (κ3) is 6.16. The zero-order chi connectivity index (χ0) is 29.7. The number of aryl methyl sites for hydroxylation is 2. The summed E-state index contributed by atoms with van der Waals surface area (Å²) in [6.45, 7) is 4.85. The average molecular weight is 584 g/mol. The summed E-state index contributed by atoms with van der Waals surface area (Å²) in [5.74, 6) is 2.06. The Balaban J connectivity index is 1.39. The van der Waals surface area contributed by atoms with E-state index in [2.05, 4.69) is 18.4 Å². The number of para-hydroxylation sites is 1. The van der Waals surface area contributed by atoms with Gasteiger partial charge < -0.3 is 14.0 Å². The number of ether oxygens (including phenoxy) is 2. The molecule has 0 aliphatic heterocycles. The molecule has 8 nitrogen and oxygen atoms in total. The van der Waals surface area contributed by atoms with Crippen LogP contribution in [0.4, 0.5) is 4.79 Å². The SMILES string of the molecule is CCCCc1nc2c(C)ccc(OC)c2n1Cc1ccc(-c2ccccc2OC(=O)NS(=O)(=O)c2ccccc2)cc1. The van der Waals surface area contributed by atoms with Gasteiger partial charge in [0.15, 0.2) is 0 Å². The predicted molar refractivity (Wildman–Crippen MR) is 163 cm³/mol. The van der Waals surface area contributed by atoms with Crippen LogP contribution in [-0.2, 0) is 23.0 Å². The molecule has 4 aromatic carbocycles. The Kier molecular flexibility index (Phi) is 8.59. The fourth-order valence-corrected chi connectivity index (χ4v) is 5.79. The van der Waals surface area contributed by atoms with Gasteiger partial charge in [-0.1, -0.05) is 80.1 Å². The van der Waals surface area contributed by atoms with E-state index < -0.39 is 16.1 Å². The number of nitrogens with zero attached hydrogens (tertiary/aromatic N) is 2. The topological polar surface area (TPSA) is 99.5 Å². The molecule has 1 N–H and O–H groups in total. The van der Waals surface area contributed by atoms with Crippen LogP contribution in [0.3, 0.4) is 0 Å². The van der Waals surface area contributed by atoms with Crippen molar-refractivity contribution < 1.29 is 22.7 Å². The molecule has 0 spiro atoms. The van der Waals surface area contributed by atoms with E-state index in [1.165, 1.54) is 12.1 Å². The van der Waals surface area contributed by atoms with Crippen LogP contribution >= 0.6 is 0 Å². The third-order valence-corrected chi connectivity index (χ3v) is 8.41. The molecule has 0 aliphatic rings. The zero-order valence-electron chi connectivity index (χ0n) is 23.8. The molecular weight excluding hydrogens is 550 g/mol. The lowest BCUT2D eigenvalue weighted by molar-refractivity contribution is 0.207. The van der Waals surface area contributed by atoms with Crippen LogP contribution in [0, 0.1) is 6.92 Å². The summed E-state index contributed by atoms with van der Waals surface area (Å²) < 4.78 is 40.5. The minimum absolute atomic E-state index is 0.0258. The second kappa shape index (κ2) is 12.5. The largest absolute Gasteiger partial charge is 0.494 e. The number of carbonyl (C=O) groups excluding carboxylic acids is 1. The van der Waals surface area contributed by atoms with Gasteiger partial charge in [0.05, 0.1) is 17.5 Å². The van der Waals surface area contributed by atoms with Gasteiger partial charge in [-0.2, -0.15) is 0 Å². The van der Waals surface area contributed by atoms with Gasteiger partial charge in [0, 0.05) is 18.5 Å². The van der Waals surface area contributed by atoms with Gasteiger partial charge in [-0.05, 0) is 54.3 Å². The van der Waals surface area contributed by atoms with E-state index in [0.29, 0.717) is 12.1 Å². The maximum Gasteiger partial charge on any atom is 0.426 e. The quantitative estimate of drug-likeness (QED) is 0.192. The van der Waals surface area contributed by atoms with Crippen LogP contribution in [0.25, 0.3) is 22.2 Å². The number of fused-ring (bicyclic) bond motifs is 1. The number of imidazole rings is 1. The van der Waals surface area contributed by atoms with Crippen LogP contribution in [0.2, 0.25) is 0 Å². The lowest BCUT2D eigenvalue weighted by atomic mass is 10.0. The number of aromatic nitrogens is 2. The van der Waals surface area contributed by atoms with E-state index in [4.69, 9.17) is 14.5 Å². The number of unbranched alkanes of at least 4 members (excludes halogenated alkanes) is 1. The van der Waals surface area contributed by atoms with E-state index in [-0.39, 0.29) is 10.6 Å². The number of rotatable bonds is 10. The smallest absolute Gasteiger partial charge is 0.426 e. The standard InChI is InChI=1S/C33H33N3O5S/c1-4-5-15-30-34-31-23(2)16-21-29(40-3)32(31)36(30)22-24-17-19-25(20-18-24)27-13-9-10-14-28(27)41-33(37)35-42(38,39)26-11-7-6-8-12-26/h6-14,16-21H,4-5,15,22H2,1-3H3,(H,35,37). The van der Waals surface area contributed by atoms with E-state index in [1.54, 1.807) is 37.4 Å². The molecule has 0 atom stereocenters. The van der Waals surface area contributed by atoms with Crippen LogP contribution in [0.1, 0.15) is 36.7 Å². The highest BCUT2D eigenvalue weighted by Gasteiger charge is 2.20. The molecule has 1 aromatic heterocycles. The van der Waals surface area contributed by atoms with Gasteiger partial charge in [-0.15, -0.1) is 0 Å². The molecule has 9 heteroatoms. The summed E-state index contributed by atoms with van der Waals surface area (Å²) in [6, 6.07) is 26.7. The zero-order valence-corrected chi connectivity index (χ0v) is 24.6. The summed E-state index contributed by atoms with van der Waals surface area (Å²) in [6.07, 6.45) is 1.91. The lowest BCUT2D eigenvalue weighted by Crippen LogP contribution is -2.33. The number of benzene rings is 4. The van der Waals surface area contributed by atoms with Gasteiger partial charge >= 0.3 is 6.09 Å². The Morgan fingerprint density at radius 3 is 2.33 bits per heavy atom. The van der Waals surface area contributed by atoms with Gasteiger partial charge in [0.25, 0.3) is 10.0 Å². The first-order valence-corrected chi connectivity index (χ1v) is 15.3. The van der Waals surface area contributed by atoms with Crippen LogP contribution in [-0.4, -0.2) is 31.2 Å². The molecule has 5 aromatic rings. The van der Waals surface area contributed by atoms with Crippen molar-refractivity contribution in [2.24, 2.45) is 0 Å². The summed E-state index contributed by atoms with van der Waals surface area (Å²) in [5, 5.41) is 0. The molecule has 1 amide bonds. The fourth-order valence-electron chi connectivity index (χ4n) is 4.90. The van der Waals surface area contributed by atoms with E-state index in [1.807, 2.05) is 53.3 Å². The van der Waals surface area contributed by atoms with E-state index in [9.17, 15) is 13.2 Å². The third-order valence-electron chi connectivity index (χ3n) is 7.08. The number of amides is 1. The Labute approximate surface area is 246 Å². The second-order valence-electron chi connectivity index (χ2n) is 10.0. The number of hydrogen-bond donors (Lipinski definition) is 1. The molecular formula is C33H33N3O5S. The van der Waals surface area contributed by atoms with Gasteiger partial charge in [-0.3, -0.25) is 0 Å². The molecule has 0 bridgehead atoms. The van der Waals surface area contributed by atoms with Crippen molar-refractivity contribution in [3.63, 3.8) is 0 Å². The van der Waals surface area contributed by atoms with E-state index in [0.717, 1.165) is 58.6 Å². The first-order chi connectivity index (χ1) is 20.3. The number of nitrogens with one attached hydrogen (secondary N) is 1. The van der Waals surface area contributed by atoms with Crippen LogP contribution < -0.4 is 14.2 Å². The van der Waals surface area contributed by atoms with Gasteiger partial charge in [0.2, 0.25) is 0 Å². The first-order valence-electron chi connectivity index (χ1n) is 13.8. The fraction of sp³-hybridized carbons (Fsp3) is 0.212. The molecule has 0 fully saturated rings. The minimum Gasteiger partial charge on any atom is -0.494 e. The van der Waals surface area contributed by atoms with Crippen molar-refractivity contribution in [1.82, 2.24) is 14.3 Å². The summed E-state index contributed by atoms with van der Waals surface area (Å²) >= 11 is 0. The molecule has 1 heterocycles. The molecule has 0 saturated heterocycles. The molecule has 0 saturated carbocycles. The van der Waals surface area contributed by atoms with Crippen molar-refractivity contribution >= 4 is 27.1 Å². The molecule has 0 unspecified atom stereocenters. The highest BCUT2D eigenvalue weighted by Crippen LogP contribution is 2.33. The van der Waals surface area contributed by atoms with Crippen LogP contribution in [0.5, 0.6) is 11.5 Å². The van der Waals surface area contributed by atoms with Gasteiger partial charge in [-0.25, -0.2) is 22.9 Å². The highest BCUT2D eigenvalue weighted by molar-refractivity contribution is 7.90. The number of sulfonamides is 1. The molecule has 0 aliphatic carbocycles. The maximum absolute atomic E-state index is 12.6. The van der Waals surface area contributed by atoms with Crippen LogP contribution in [0.15, 0.2) is 95.9 Å². The second-order valence-corrected chi connectivity index (χ2v) is 11.7. The number of carbonyl (C=O) groups is 1. The Bertz CT molecular complexity index is 1810. The Hall–Kier alpha value is -4.63. The summed E-state index contributed by atoms with van der Waals surface area (Å²) in [5.41, 5.74) is 5.60. The molecule has 0 radical (unpaired) electrons. The predicted octanol–water partition coefficient (Wildman–Crippen LogP) is 6.89. The van der Waals surface area contributed by atoms with Crippen molar-refractivity contribution in [3.8, 4) is 22.6 Å². The monoisotopic (exact) mass is 583 g/mol. The highest BCUT2D eigenvalue weighted by atomic mass is 32.2. The normalized spacial score (nSPS) is 11.4. The molecule has 5 rings (SSSR count). The minimum atomic E-state index is -4.06. The lowest BCUT2D eigenvalue weighted by Gasteiger charge is -2.14. The number of methoxy groups -OCH3 is 1. The maximum atomic E-state index is 12.6. The molecule has 42 heavy (non-hydrogen) atoms. The van der Waals surface area contributed by atoms with Crippen molar-refractivity contribution in [2.45, 2.75) is 44.6 Å². The van der Waals surface area contributed by atoms with Crippen molar-refractivity contribution in [2.75, 3.05) is 7.11 Å². The average Bonchev–Trinajstić information content (AvgIpc) is 3.36. The van der Waals surface area contributed by atoms with Gasteiger partial charge in [0.1, 0.15) is 22.8 Å². The summed E-state index contributed by atoms with van der Waals surface area (Å²) in [4.78, 5) is 17.5. The number of hydrogen-bond acceptors (Lipinski definition) is 6. The van der Waals surface area contributed by atoms with Crippen molar-refractivity contribution in [3.05, 3.63) is 108 Å². The van der Waals surface area contributed by atoms with E-state index >= 15 is 0 Å². The Morgan fingerprint density at radius 2 is 1.62 bits per heavy atom.